The van der Waals surface area contributed by atoms with Crippen molar-refractivity contribution in [2.24, 2.45) is 0 Å². The van der Waals surface area contributed by atoms with Crippen LogP contribution in [-0.4, -0.2) is 27.5 Å². The zero-order chi connectivity index (χ0) is 21.8. The second-order valence-corrected chi connectivity index (χ2v) is 9.12. The van der Waals surface area contributed by atoms with E-state index in [-0.39, 0.29) is 12.5 Å². The Morgan fingerprint density at radius 1 is 1.20 bits per heavy atom. The summed E-state index contributed by atoms with van der Waals surface area (Å²) in [5, 5.41) is 2.34. The number of carbonyl (C=O) groups excluding carboxylic acids is 1. The first-order chi connectivity index (χ1) is 14.3. The summed E-state index contributed by atoms with van der Waals surface area (Å²) in [4.78, 5) is 12.1. The average molecular weight is 467 g/mol. The average Bonchev–Trinajstić information content (AvgIpc) is 3.01. The molecule has 3 aromatic rings. The Hall–Kier alpha value is -2.02. The van der Waals surface area contributed by atoms with Gasteiger partial charge in [0.1, 0.15) is 23.3 Å². The summed E-state index contributed by atoms with van der Waals surface area (Å²) >= 11 is 12.7. The van der Waals surface area contributed by atoms with E-state index in [1.807, 2.05) is 54.9 Å². The Kier molecular flexibility index (Phi) is 7.45. The molecule has 1 N–H and O–H groups in total. The molecule has 160 valence electrons. The lowest BCUT2D eigenvalue weighted by atomic mass is 10.1. The lowest BCUT2D eigenvalue weighted by Gasteiger charge is -2.10. The number of hydrogen-bond donors (Lipinski definition) is 1. The number of rotatable bonds is 8. The van der Waals surface area contributed by atoms with Gasteiger partial charge in [0.15, 0.2) is 0 Å². The maximum absolute atomic E-state index is 12.1. The highest BCUT2D eigenvalue weighted by Crippen LogP contribution is 2.30. The van der Waals surface area contributed by atoms with Gasteiger partial charge in [0, 0.05) is 22.9 Å². The maximum atomic E-state index is 12.1. The van der Waals surface area contributed by atoms with Crippen molar-refractivity contribution in [2.75, 3.05) is 12.9 Å². The molecule has 0 bridgehead atoms. The van der Waals surface area contributed by atoms with Crippen LogP contribution in [0.5, 0.6) is 5.75 Å². The minimum Gasteiger partial charge on any atom is -0.494 e. The van der Waals surface area contributed by atoms with E-state index in [9.17, 15) is 9.00 Å². The fourth-order valence-electron chi connectivity index (χ4n) is 3.50. The van der Waals surface area contributed by atoms with Crippen LogP contribution in [-0.2, 0) is 28.7 Å². The van der Waals surface area contributed by atoms with Crippen LogP contribution >= 0.6 is 23.2 Å². The molecule has 3 rings (SSSR count). The van der Waals surface area contributed by atoms with E-state index in [1.54, 1.807) is 0 Å². The van der Waals surface area contributed by atoms with Crippen LogP contribution in [0.25, 0.3) is 10.9 Å². The van der Waals surface area contributed by atoms with Gasteiger partial charge < -0.3 is 9.30 Å². The SMILES string of the molecule is Cc1cc(OCCCc2cn(CC(=O)NS(C)=O)c3cccc(Cl)c23)cc(C)c1Cl. The van der Waals surface area contributed by atoms with Crippen LogP contribution in [0.1, 0.15) is 23.1 Å². The molecule has 0 fully saturated rings. The zero-order valence-electron chi connectivity index (χ0n) is 17.1. The summed E-state index contributed by atoms with van der Waals surface area (Å²) < 4.78 is 21.4. The predicted octanol–water partition coefficient (Wildman–Crippen LogP) is 4.99. The van der Waals surface area contributed by atoms with Gasteiger partial charge in [-0.2, -0.15) is 0 Å². The Morgan fingerprint density at radius 2 is 1.90 bits per heavy atom. The molecular weight excluding hydrogens is 443 g/mol. The minimum absolute atomic E-state index is 0.0796. The highest BCUT2D eigenvalue weighted by molar-refractivity contribution is 7.82. The molecular formula is C22H24Cl2N2O3S. The van der Waals surface area contributed by atoms with E-state index in [2.05, 4.69) is 4.72 Å². The Labute approximate surface area is 188 Å². The summed E-state index contributed by atoms with van der Waals surface area (Å²) in [7, 11) is -1.39. The highest BCUT2D eigenvalue weighted by Gasteiger charge is 2.14. The zero-order valence-corrected chi connectivity index (χ0v) is 19.5. The molecule has 1 atom stereocenters. The van der Waals surface area contributed by atoms with Crippen molar-refractivity contribution >= 4 is 51.0 Å². The van der Waals surface area contributed by atoms with Gasteiger partial charge in [-0.05, 0) is 67.6 Å². The number of halogens is 2. The summed E-state index contributed by atoms with van der Waals surface area (Å²) in [6.45, 7) is 4.55. The first-order valence-corrected chi connectivity index (χ1v) is 11.9. The van der Waals surface area contributed by atoms with E-state index in [4.69, 9.17) is 27.9 Å². The van der Waals surface area contributed by atoms with Crippen LogP contribution in [0, 0.1) is 13.8 Å². The normalized spacial score (nSPS) is 12.2. The minimum atomic E-state index is -1.39. The molecule has 0 saturated carbocycles. The van der Waals surface area contributed by atoms with Crippen molar-refractivity contribution < 1.29 is 13.7 Å². The van der Waals surface area contributed by atoms with E-state index in [0.717, 1.165) is 51.2 Å². The number of aryl methyl sites for hydroxylation is 3. The number of carbonyl (C=O) groups is 1. The van der Waals surface area contributed by atoms with Crippen molar-refractivity contribution in [3.05, 3.63) is 63.3 Å². The van der Waals surface area contributed by atoms with Crippen molar-refractivity contribution in [2.45, 2.75) is 33.2 Å². The molecule has 30 heavy (non-hydrogen) atoms. The Morgan fingerprint density at radius 3 is 2.57 bits per heavy atom. The van der Waals surface area contributed by atoms with Crippen molar-refractivity contribution in [3.63, 3.8) is 0 Å². The molecule has 0 aliphatic heterocycles. The van der Waals surface area contributed by atoms with Crippen LogP contribution in [0.3, 0.4) is 0 Å². The summed E-state index contributed by atoms with van der Waals surface area (Å²) in [6.07, 6.45) is 4.90. The van der Waals surface area contributed by atoms with Gasteiger partial charge >= 0.3 is 0 Å². The third-order valence-corrected chi connectivity index (χ3v) is 6.20. The standard InChI is InChI=1S/C22H24Cl2N2O3S/c1-14-10-17(11-15(2)22(14)24)29-9-5-6-16-12-26(13-20(27)25-30(3)28)19-8-4-7-18(23)21(16)19/h4,7-8,10-12H,5-6,9,13H2,1-3H3,(H,25,27). The number of hydrogen-bond acceptors (Lipinski definition) is 3. The first-order valence-electron chi connectivity index (χ1n) is 9.55. The maximum Gasteiger partial charge on any atom is 0.251 e. The van der Waals surface area contributed by atoms with Gasteiger partial charge in [0.05, 0.1) is 17.1 Å². The van der Waals surface area contributed by atoms with Crippen LogP contribution in [0.4, 0.5) is 0 Å². The molecule has 0 spiro atoms. The molecule has 0 aliphatic carbocycles. The Bertz CT molecular complexity index is 1090. The molecule has 1 heterocycles. The molecule has 0 aliphatic rings. The quantitative estimate of drug-likeness (QED) is 0.475. The fraction of sp³-hybridized carbons (Fsp3) is 0.318. The van der Waals surface area contributed by atoms with Crippen molar-refractivity contribution in [3.8, 4) is 5.75 Å². The summed E-state index contributed by atoms with van der Waals surface area (Å²) in [5.41, 5.74) is 3.91. The molecule has 1 amide bonds. The van der Waals surface area contributed by atoms with Gasteiger partial charge in [-0.25, -0.2) is 4.21 Å². The fourth-order valence-corrected chi connectivity index (χ4v) is 4.29. The molecule has 1 aromatic heterocycles. The first kappa shape index (κ1) is 22.7. The van der Waals surface area contributed by atoms with Gasteiger partial charge in [0.25, 0.3) is 5.91 Å². The lowest BCUT2D eigenvalue weighted by Crippen LogP contribution is -2.28. The van der Waals surface area contributed by atoms with Gasteiger partial charge in [-0.3, -0.25) is 9.52 Å². The topological polar surface area (TPSA) is 60.3 Å². The Balaban J connectivity index is 1.71. The van der Waals surface area contributed by atoms with Crippen LogP contribution in [0.15, 0.2) is 36.5 Å². The largest absolute Gasteiger partial charge is 0.494 e. The monoisotopic (exact) mass is 466 g/mol. The number of nitrogens with one attached hydrogen (secondary N) is 1. The van der Waals surface area contributed by atoms with Gasteiger partial charge in [0.2, 0.25) is 0 Å². The summed E-state index contributed by atoms with van der Waals surface area (Å²) in [6, 6.07) is 9.50. The van der Waals surface area contributed by atoms with Gasteiger partial charge in [-0.15, -0.1) is 0 Å². The van der Waals surface area contributed by atoms with E-state index in [1.165, 1.54) is 6.26 Å². The smallest absolute Gasteiger partial charge is 0.251 e. The van der Waals surface area contributed by atoms with Gasteiger partial charge in [-0.1, -0.05) is 29.3 Å². The summed E-state index contributed by atoms with van der Waals surface area (Å²) in [5.74, 6) is 0.496. The third-order valence-electron chi connectivity index (χ3n) is 4.77. The van der Waals surface area contributed by atoms with Crippen molar-refractivity contribution in [1.29, 1.82) is 0 Å². The van der Waals surface area contributed by atoms with E-state index < -0.39 is 11.0 Å². The molecule has 0 saturated heterocycles. The molecule has 2 aromatic carbocycles. The predicted molar refractivity (Wildman–Crippen MR) is 124 cm³/mol. The van der Waals surface area contributed by atoms with Crippen LogP contribution in [0.2, 0.25) is 10.0 Å². The number of ether oxygens (including phenoxy) is 1. The van der Waals surface area contributed by atoms with E-state index >= 15 is 0 Å². The molecule has 5 nitrogen and oxygen atoms in total. The lowest BCUT2D eigenvalue weighted by molar-refractivity contribution is -0.119. The van der Waals surface area contributed by atoms with E-state index in [0.29, 0.717) is 11.6 Å². The molecule has 8 heteroatoms. The number of aromatic nitrogens is 1. The molecule has 0 radical (unpaired) electrons. The molecule has 1 unspecified atom stereocenters. The second kappa shape index (κ2) is 9.86. The number of benzene rings is 2. The highest BCUT2D eigenvalue weighted by atomic mass is 35.5. The van der Waals surface area contributed by atoms with Crippen LogP contribution < -0.4 is 9.46 Å². The van der Waals surface area contributed by atoms with Crippen molar-refractivity contribution in [1.82, 2.24) is 9.29 Å². The number of nitrogens with zero attached hydrogens (tertiary/aromatic N) is 1. The second-order valence-electron chi connectivity index (χ2n) is 7.22. The number of amides is 1. The third kappa shape index (κ3) is 5.36. The number of fused-ring (bicyclic) bond motifs is 1.